The molecule has 3 N–H and O–H groups in total. The minimum absolute atomic E-state index is 0.151. The summed E-state index contributed by atoms with van der Waals surface area (Å²) in [7, 11) is 0. The lowest BCUT2D eigenvalue weighted by molar-refractivity contribution is -0.125. The molecule has 1 aliphatic rings. The fourth-order valence-electron chi connectivity index (χ4n) is 1.67. The van der Waals surface area contributed by atoms with Crippen molar-refractivity contribution in [3.8, 4) is 0 Å². The van der Waals surface area contributed by atoms with Crippen LogP contribution in [0.15, 0.2) is 0 Å². The van der Waals surface area contributed by atoms with E-state index in [1.165, 1.54) is 0 Å². The molecule has 1 amide bonds. The standard InChI is InChI=1S/C10H20N2O2/c13-7-2-1-6-12-10(14)9-4-3-5-11-8-9/h9,11,13H,1-8H2,(H,12,14). The molecule has 0 bridgehead atoms. The largest absolute Gasteiger partial charge is 0.396 e. The highest BCUT2D eigenvalue weighted by molar-refractivity contribution is 5.78. The van der Waals surface area contributed by atoms with Gasteiger partial charge in [-0.25, -0.2) is 0 Å². The van der Waals surface area contributed by atoms with Crippen LogP contribution < -0.4 is 10.6 Å². The zero-order chi connectivity index (χ0) is 10.2. The number of aliphatic hydroxyl groups excluding tert-OH is 1. The molecule has 0 spiro atoms. The van der Waals surface area contributed by atoms with Gasteiger partial charge in [0.1, 0.15) is 0 Å². The highest BCUT2D eigenvalue weighted by Gasteiger charge is 2.19. The predicted molar refractivity (Wildman–Crippen MR) is 54.9 cm³/mol. The van der Waals surface area contributed by atoms with Crippen LogP contribution in [0, 0.1) is 5.92 Å². The minimum Gasteiger partial charge on any atom is -0.396 e. The SMILES string of the molecule is O=C(NCCCCO)C1CCCNC1. The second kappa shape index (κ2) is 6.79. The number of amides is 1. The van der Waals surface area contributed by atoms with Gasteiger partial charge in [0.05, 0.1) is 5.92 Å². The Balaban J connectivity index is 2.07. The van der Waals surface area contributed by atoms with Gasteiger partial charge in [-0.1, -0.05) is 0 Å². The molecule has 1 atom stereocenters. The zero-order valence-electron chi connectivity index (χ0n) is 8.59. The van der Waals surface area contributed by atoms with Crippen LogP contribution in [0.25, 0.3) is 0 Å². The molecule has 1 aliphatic heterocycles. The number of piperidine rings is 1. The van der Waals surface area contributed by atoms with Gasteiger partial charge in [-0.2, -0.15) is 0 Å². The second-order valence-corrected chi connectivity index (χ2v) is 3.77. The van der Waals surface area contributed by atoms with Crippen LogP contribution in [0.2, 0.25) is 0 Å². The molecule has 0 aliphatic carbocycles. The number of unbranched alkanes of at least 4 members (excludes halogenated alkanes) is 1. The smallest absolute Gasteiger partial charge is 0.224 e. The normalized spacial score (nSPS) is 21.9. The monoisotopic (exact) mass is 200 g/mol. The number of hydrogen-bond donors (Lipinski definition) is 3. The van der Waals surface area contributed by atoms with Crippen molar-refractivity contribution in [3.63, 3.8) is 0 Å². The van der Waals surface area contributed by atoms with Gasteiger partial charge in [-0.3, -0.25) is 4.79 Å². The molecule has 0 aromatic carbocycles. The van der Waals surface area contributed by atoms with Gasteiger partial charge < -0.3 is 15.7 Å². The first-order valence-electron chi connectivity index (χ1n) is 5.44. The number of carbonyl (C=O) groups excluding carboxylic acids is 1. The number of aliphatic hydroxyl groups is 1. The first-order chi connectivity index (χ1) is 6.84. The van der Waals surface area contributed by atoms with Gasteiger partial charge in [0.2, 0.25) is 5.91 Å². The maximum atomic E-state index is 11.5. The van der Waals surface area contributed by atoms with E-state index < -0.39 is 0 Å². The highest BCUT2D eigenvalue weighted by Crippen LogP contribution is 2.09. The maximum Gasteiger partial charge on any atom is 0.224 e. The Kier molecular flexibility index (Phi) is 5.56. The summed E-state index contributed by atoms with van der Waals surface area (Å²) in [5.74, 6) is 0.313. The van der Waals surface area contributed by atoms with E-state index in [2.05, 4.69) is 10.6 Å². The van der Waals surface area contributed by atoms with E-state index in [-0.39, 0.29) is 18.4 Å². The average Bonchev–Trinajstić information content (AvgIpc) is 2.25. The van der Waals surface area contributed by atoms with Crippen LogP contribution in [0.4, 0.5) is 0 Å². The molecule has 0 radical (unpaired) electrons. The molecule has 1 heterocycles. The number of hydrogen-bond acceptors (Lipinski definition) is 3. The maximum absolute atomic E-state index is 11.5. The molecule has 1 unspecified atom stereocenters. The summed E-state index contributed by atoms with van der Waals surface area (Å²) >= 11 is 0. The summed E-state index contributed by atoms with van der Waals surface area (Å²) in [6, 6.07) is 0. The third kappa shape index (κ3) is 4.07. The second-order valence-electron chi connectivity index (χ2n) is 3.77. The van der Waals surface area contributed by atoms with Crippen LogP contribution in [-0.4, -0.2) is 37.3 Å². The van der Waals surface area contributed by atoms with Crippen molar-refractivity contribution in [2.45, 2.75) is 25.7 Å². The van der Waals surface area contributed by atoms with Gasteiger partial charge in [0.25, 0.3) is 0 Å². The van der Waals surface area contributed by atoms with Crippen LogP contribution in [0.5, 0.6) is 0 Å². The molecule has 1 rings (SSSR count). The van der Waals surface area contributed by atoms with Crippen molar-refractivity contribution in [1.29, 1.82) is 0 Å². The Hall–Kier alpha value is -0.610. The molecule has 0 saturated carbocycles. The fourth-order valence-corrected chi connectivity index (χ4v) is 1.67. The molecule has 82 valence electrons. The summed E-state index contributed by atoms with van der Waals surface area (Å²) in [5, 5.41) is 14.7. The molecule has 1 fully saturated rings. The summed E-state index contributed by atoms with van der Waals surface area (Å²) < 4.78 is 0. The van der Waals surface area contributed by atoms with Crippen molar-refractivity contribution < 1.29 is 9.90 Å². The first kappa shape index (κ1) is 11.5. The van der Waals surface area contributed by atoms with Gasteiger partial charge >= 0.3 is 0 Å². The van der Waals surface area contributed by atoms with Crippen molar-refractivity contribution in [2.24, 2.45) is 5.92 Å². The Bertz CT molecular complexity index is 168. The van der Waals surface area contributed by atoms with E-state index in [4.69, 9.17) is 5.11 Å². The number of rotatable bonds is 5. The molecular formula is C10H20N2O2. The quantitative estimate of drug-likeness (QED) is 0.542. The lowest BCUT2D eigenvalue weighted by Crippen LogP contribution is -2.40. The Morgan fingerprint density at radius 1 is 1.50 bits per heavy atom. The summed E-state index contributed by atoms with van der Waals surface area (Å²) in [4.78, 5) is 11.5. The topological polar surface area (TPSA) is 61.4 Å². The van der Waals surface area contributed by atoms with Crippen molar-refractivity contribution in [3.05, 3.63) is 0 Å². The van der Waals surface area contributed by atoms with Crippen molar-refractivity contribution in [2.75, 3.05) is 26.2 Å². The Morgan fingerprint density at radius 3 is 3.00 bits per heavy atom. The van der Waals surface area contributed by atoms with E-state index in [1.807, 2.05) is 0 Å². The summed E-state index contributed by atoms with van der Waals surface area (Å²) in [6.07, 6.45) is 3.72. The Labute approximate surface area is 85.1 Å². The van der Waals surface area contributed by atoms with E-state index in [1.54, 1.807) is 0 Å². The number of carbonyl (C=O) groups is 1. The van der Waals surface area contributed by atoms with Gasteiger partial charge in [0, 0.05) is 19.7 Å². The first-order valence-corrected chi connectivity index (χ1v) is 5.44. The van der Waals surface area contributed by atoms with Gasteiger partial charge in [-0.05, 0) is 32.2 Å². The minimum atomic E-state index is 0.151. The van der Waals surface area contributed by atoms with Gasteiger partial charge in [-0.15, -0.1) is 0 Å². The molecule has 4 nitrogen and oxygen atoms in total. The van der Waals surface area contributed by atoms with Crippen LogP contribution in [-0.2, 0) is 4.79 Å². The predicted octanol–water partition coefficient (Wildman–Crippen LogP) is -0.125. The lowest BCUT2D eigenvalue weighted by atomic mass is 9.99. The number of nitrogens with one attached hydrogen (secondary N) is 2. The van der Waals surface area contributed by atoms with Crippen LogP contribution >= 0.6 is 0 Å². The third-order valence-corrected chi connectivity index (χ3v) is 2.55. The van der Waals surface area contributed by atoms with Crippen LogP contribution in [0.1, 0.15) is 25.7 Å². The molecule has 14 heavy (non-hydrogen) atoms. The molecule has 1 saturated heterocycles. The summed E-state index contributed by atoms with van der Waals surface area (Å²) in [5.41, 5.74) is 0. The third-order valence-electron chi connectivity index (χ3n) is 2.55. The van der Waals surface area contributed by atoms with Crippen molar-refractivity contribution >= 4 is 5.91 Å². The van der Waals surface area contributed by atoms with Gasteiger partial charge in [0.15, 0.2) is 0 Å². The van der Waals surface area contributed by atoms with E-state index in [0.717, 1.165) is 38.8 Å². The Morgan fingerprint density at radius 2 is 2.36 bits per heavy atom. The molecule has 4 heteroatoms. The van der Waals surface area contributed by atoms with E-state index in [9.17, 15) is 4.79 Å². The molecular weight excluding hydrogens is 180 g/mol. The fraction of sp³-hybridized carbons (Fsp3) is 0.900. The van der Waals surface area contributed by atoms with Crippen molar-refractivity contribution in [1.82, 2.24) is 10.6 Å². The lowest BCUT2D eigenvalue weighted by Gasteiger charge is -2.21. The van der Waals surface area contributed by atoms with E-state index >= 15 is 0 Å². The summed E-state index contributed by atoms with van der Waals surface area (Å²) in [6.45, 7) is 2.75. The molecule has 0 aromatic rings. The average molecular weight is 200 g/mol. The van der Waals surface area contributed by atoms with E-state index in [0.29, 0.717) is 6.54 Å². The highest BCUT2D eigenvalue weighted by atomic mass is 16.2. The zero-order valence-corrected chi connectivity index (χ0v) is 8.59. The molecule has 0 aromatic heterocycles. The van der Waals surface area contributed by atoms with Crippen LogP contribution in [0.3, 0.4) is 0 Å².